The van der Waals surface area contributed by atoms with Crippen molar-refractivity contribution in [2.45, 2.75) is 13.3 Å². The molecule has 2 aromatic rings. The van der Waals surface area contributed by atoms with E-state index in [0.717, 1.165) is 16.3 Å². The maximum Gasteiger partial charge on any atom is 0.253 e. The van der Waals surface area contributed by atoms with Crippen LogP contribution in [0.5, 0.6) is 0 Å². The van der Waals surface area contributed by atoms with Gasteiger partial charge >= 0.3 is 0 Å². The zero-order valence-electron chi connectivity index (χ0n) is 13.0. The van der Waals surface area contributed by atoms with Gasteiger partial charge in [0, 0.05) is 35.5 Å². The molecular weight excluding hydrogens is 316 g/mol. The van der Waals surface area contributed by atoms with Crippen LogP contribution in [-0.4, -0.2) is 24.6 Å². The van der Waals surface area contributed by atoms with Crippen molar-refractivity contribution < 1.29 is 13.2 Å². The van der Waals surface area contributed by atoms with E-state index in [4.69, 9.17) is 0 Å². The predicted octanol–water partition coefficient (Wildman–Crippen LogP) is 1.73. The van der Waals surface area contributed by atoms with Crippen molar-refractivity contribution in [3.05, 3.63) is 52.2 Å². The van der Waals surface area contributed by atoms with Crippen LogP contribution in [0.3, 0.4) is 0 Å². The average molecular weight is 334 g/mol. The first kappa shape index (κ1) is 17.0. The van der Waals surface area contributed by atoms with Crippen molar-refractivity contribution in [2.24, 2.45) is 7.05 Å². The van der Waals surface area contributed by atoms with Crippen LogP contribution in [0.1, 0.15) is 12.0 Å². The van der Waals surface area contributed by atoms with Gasteiger partial charge in [-0.15, -0.1) is 0 Å². The van der Waals surface area contributed by atoms with Gasteiger partial charge in [-0.1, -0.05) is 6.58 Å². The molecule has 0 bridgehead atoms. The Kier molecular flexibility index (Phi) is 4.70. The van der Waals surface area contributed by atoms with E-state index in [1.807, 2.05) is 0 Å². The third-order valence-corrected chi connectivity index (χ3v) is 4.84. The van der Waals surface area contributed by atoms with E-state index in [1.165, 1.54) is 0 Å². The van der Waals surface area contributed by atoms with Crippen LogP contribution < -0.4 is 10.9 Å². The van der Waals surface area contributed by atoms with Gasteiger partial charge in [-0.05, 0) is 31.2 Å². The summed E-state index contributed by atoms with van der Waals surface area (Å²) in [6.07, 6.45) is -0.140. The summed E-state index contributed by atoms with van der Waals surface area (Å²) in [5.74, 6) is -0.667. The Balaban J connectivity index is 2.22. The summed E-state index contributed by atoms with van der Waals surface area (Å²) in [5, 5.41) is 4.33. The largest absolute Gasteiger partial charge is 0.326 e. The summed E-state index contributed by atoms with van der Waals surface area (Å²) in [7, 11) is -1.70. The quantitative estimate of drug-likeness (QED) is 0.902. The van der Waals surface area contributed by atoms with E-state index >= 15 is 0 Å². The Labute approximate surface area is 134 Å². The molecule has 1 N–H and O–H groups in total. The Morgan fingerprint density at radius 1 is 1.35 bits per heavy atom. The van der Waals surface area contributed by atoms with Crippen molar-refractivity contribution in [3.63, 3.8) is 0 Å². The van der Waals surface area contributed by atoms with Crippen LogP contribution in [0.15, 0.2) is 41.0 Å². The highest BCUT2D eigenvalue weighted by molar-refractivity contribution is 7.94. The molecule has 1 aromatic heterocycles. The van der Waals surface area contributed by atoms with E-state index < -0.39 is 15.7 Å². The summed E-state index contributed by atoms with van der Waals surface area (Å²) in [6, 6.07) is 6.93. The number of nitrogens with one attached hydrogen (secondary N) is 1. The van der Waals surface area contributed by atoms with Gasteiger partial charge in [-0.3, -0.25) is 9.59 Å². The van der Waals surface area contributed by atoms with Gasteiger partial charge in [0.1, 0.15) is 0 Å². The summed E-state index contributed by atoms with van der Waals surface area (Å²) < 4.78 is 24.2. The fraction of sp³-hybridized carbons (Fsp3) is 0.250. The summed E-state index contributed by atoms with van der Waals surface area (Å²) in [5.41, 5.74) is 1.86. The minimum Gasteiger partial charge on any atom is -0.326 e. The number of amides is 1. The van der Waals surface area contributed by atoms with Crippen LogP contribution in [0.25, 0.3) is 10.9 Å². The van der Waals surface area contributed by atoms with Crippen LogP contribution in [0.4, 0.5) is 5.69 Å². The van der Waals surface area contributed by atoms with Crippen LogP contribution in [0, 0.1) is 6.92 Å². The highest BCUT2D eigenvalue weighted by Gasteiger charge is 2.11. The SMILES string of the molecule is C=CS(=O)(=O)CCC(=O)Nc1ccc2c(c1)cc(C)c(=O)n2C. The third kappa shape index (κ3) is 3.87. The molecule has 0 aliphatic heterocycles. The number of nitrogens with zero attached hydrogens (tertiary/aromatic N) is 1. The van der Waals surface area contributed by atoms with Crippen LogP contribution in [-0.2, 0) is 21.7 Å². The molecule has 0 atom stereocenters. The van der Waals surface area contributed by atoms with E-state index in [0.29, 0.717) is 11.3 Å². The lowest BCUT2D eigenvalue weighted by molar-refractivity contribution is -0.115. The lowest BCUT2D eigenvalue weighted by Crippen LogP contribution is -2.19. The zero-order chi connectivity index (χ0) is 17.2. The minimum absolute atomic E-state index is 0.0658. The number of anilines is 1. The van der Waals surface area contributed by atoms with E-state index in [1.54, 1.807) is 42.8 Å². The van der Waals surface area contributed by atoms with Gasteiger partial charge in [0.25, 0.3) is 5.56 Å². The molecule has 0 saturated heterocycles. The molecule has 23 heavy (non-hydrogen) atoms. The van der Waals surface area contributed by atoms with Crippen molar-refractivity contribution in [1.82, 2.24) is 4.57 Å². The Hall–Kier alpha value is -2.41. The van der Waals surface area contributed by atoms with E-state index in [-0.39, 0.29) is 17.7 Å². The molecule has 1 heterocycles. The molecule has 0 fully saturated rings. The number of aryl methyl sites for hydroxylation is 2. The van der Waals surface area contributed by atoms with Crippen LogP contribution in [0.2, 0.25) is 0 Å². The summed E-state index contributed by atoms with van der Waals surface area (Å²) in [6.45, 7) is 4.93. The van der Waals surface area contributed by atoms with Crippen molar-refractivity contribution in [1.29, 1.82) is 0 Å². The monoisotopic (exact) mass is 334 g/mol. The lowest BCUT2D eigenvalue weighted by Gasteiger charge is -2.09. The molecule has 2 rings (SSSR count). The molecule has 0 unspecified atom stereocenters. The lowest BCUT2D eigenvalue weighted by atomic mass is 10.1. The van der Waals surface area contributed by atoms with E-state index in [9.17, 15) is 18.0 Å². The summed E-state index contributed by atoms with van der Waals surface area (Å²) in [4.78, 5) is 23.7. The fourth-order valence-electron chi connectivity index (χ4n) is 2.26. The Bertz CT molecular complexity index is 942. The molecule has 0 radical (unpaired) electrons. The number of carbonyl (C=O) groups is 1. The van der Waals surface area contributed by atoms with Crippen molar-refractivity contribution >= 4 is 32.3 Å². The number of pyridine rings is 1. The Morgan fingerprint density at radius 2 is 2.04 bits per heavy atom. The number of rotatable bonds is 5. The number of aromatic nitrogens is 1. The molecule has 7 heteroatoms. The van der Waals surface area contributed by atoms with Gasteiger partial charge in [-0.2, -0.15) is 0 Å². The average Bonchev–Trinajstić information content (AvgIpc) is 2.51. The first-order valence-corrected chi connectivity index (χ1v) is 8.70. The number of benzene rings is 1. The van der Waals surface area contributed by atoms with Crippen molar-refractivity contribution in [3.8, 4) is 0 Å². The second kappa shape index (κ2) is 6.37. The maximum atomic E-state index is 11.9. The number of fused-ring (bicyclic) bond motifs is 1. The highest BCUT2D eigenvalue weighted by atomic mass is 32.2. The predicted molar refractivity (Wildman–Crippen MR) is 91.2 cm³/mol. The molecule has 122 valence electrons. The molecule has 0 spiro atoms. The van der Waals surface area contributed by atoms with E-state index in [2.05, 4.69) is 11.9 Å². The highest BCUT2D eigenvalue weighted by Crippen LogP contribution is 2.18. The normalized spacial score (nSPS) is 11.4. The molecular formula is C16H18N2O4S. The smallest absolute Gasteiger partial charge is 0.253 e. The molecule has 1 aromatic carbocycles. The van der Waals surface area contributed by atoms with Crippen LogP contribution >= 0.6 is 0 Å². The topological polar surface area (TPSA) is 85.2 Å². The minimum atomic E-state index is -3.39. The first-order chi connectivity index (χ1) is 10.7. The second-order valence-corrected chi connectivity index (χ2v) is 7.36. The standard InChI is InChI=1S/C16H18N2O4S/c1-4-23(21,22)8-7-15(19)17-13-5-6-14-12(10-13)9-11(2)16(20)18(14)3/h4-6,9-10H,1,7-8H2,2-3H3,(H,17,19). The van der Waals surface area contributed by atoms with Gasteiger partial charge in [-0.25, -0.2) is 8.42 Å². The number of hydrogen-bond acceptors (Lipinski definition) is 4. The van der Waals surface area contributed by atoms with Gasteiger partial charge in [0.15, 0.2) is 9.84 Å². The van der Waals surface area contributed by atoms with Gasteiger partial charge < -0.3 is 9.88 Å². The molecule has 0 aliphatic rings. The molecule has 1 amide bonds. The zero-order valence-corrected chi connectivity index (χ0v) is 13.8. The molecule has 0 aliphatic carbocycles. The number of hydrogen-bond donors (Lipinski definition) is 1. The Morgan fingerprint density at radius 3 is 2.70 bits per heavy atom. The molecule has 0 saturated carbocycles. The third-order valence-electron chi connectivity index (χ3n) is 3.55. The summed E-state index contributed by atoms with van der Waals surface area (Å²) >= 11 is 0. The van der Waals surface area contributed by atoms with Gasteiger partial charge in [0.2, 0.25) is 5.91 Å². The second-order valence-electron chi connectivity index (χ2n) is 5.30. The van der Waals surface area contributed by atoms with Crippen molar-refractivity contribution in [2.75, 3.05) is 11.1 Å². The number of sulfone groups is 1. The van der Waals surface area contributed by atoms with Gasteiger partial charge in [0.05, 0.1) is 11.3 Å². The molecule has 6 nitrogen and oxygen atoms in total. The fourth-order valence-corrected chi connectivity index (χ4v) is 2.90. The first-order valence-electron chi connectivity index (χ1n) is 6.99. The maximum absolute atomic E-state index is 11.9. The number of carbonyl (C=O) groups excluding carboxylic acids is 1.